The van der Waals surface area contributed by atoms with Gasteiger partial charge in [-0.3, -0.25) is 5.32 Å². The molecule has 6 nitrogen and oxygen atoms in total. The van der Waals surface area contributed by atoms with E-state index in [9.17, 15) is 4.79 Å². The van der Waals surface area contributed by atoms with Gasteiger partial charge in [0.25, 0.3) is 0 Å². The molecule has 144 valence electrons. The summed E-state index contributed by atoms with van der Waals surface area (Å²) in [6.07, 6.45) is 7.22. The SMILES string of the molecule is COc1ccc(C2CCN(C(=O)Nc3nnc(C4CCCCC4)s3)C2)cc1. The smallest absolute Gasteiger partial charge is 0.323 e. The van der Waals surface area contributed by atoms with E-state index in [-0.39, 0.29) is 6.03 Å². The zero-order valence-electron chi connectivity index (χ0n) is 15.7. The molecule has 0 spiro atoms. The number of carbonyl (C=O) groups is 1. The first-order valence-corrected chi connectivity index (χ1v) is 10.6. The van der Waals surface area contributed by atoms with Crippen molar-refractivity contribution in [2.45, 2.75) is 50.4 Å². The van der Waals surface area contributed by atoms with Gasteiger partial charge in [0.15, 0.2) is 0 Å². The maximum Gasteiger partial charge on any atom is 0.323 e. The summed E-state index contributed by atoms with van der Waals surface area (Å²) in [5, 5.41) is 13.2. The Balaban J connectivity index is 1.33. The summed E-state index contributed by atoms with van der Waals surface area (Å²) >= 11 is 1.53. The summed E-state index contributed by atoms with van der Waals surface area (Å²) in [6, 6.07) is 8.06. The zero-order chi connectivity index (χ0) is 18.6. The number of hydrogen-bond acceptors (Lipinski definition) is 5. The van der Waals surface area contributed by atoms with Gasteiger partial charge in [-0.25, -0.2) is 4.79 Å². The molecule has 1 unspecified atom stereocenters. The van der Waals surface area contributed by atoms with Crippen molar-refractivity contribution >= 4 is 22.5 Å². The van der Waals surface area contributed by atoms with Gasteiger partial charge in [0, 0.05) is 24.9 Å². The van der Waals surface area contributed by atoms with Crippen molar-refractivity contribution in [3.63, 3.8) is 0 Å². The number of aromatic nitrogens is 2. The number of ether oxygens (including phenoxy) is 1. The number of benzene rings is 1. The number of urea groups is 1. The Hall–Kier alpha value is -2.15. The van der Waals surface area contributed by atoms with Crippen LogP contribution in [0.3, 0.4) is 0 Å². The van der Waals surface area contributed by atoms with Crippen LogP contribution in [-0.4, -0.2) is 41.3 Å². The second-order valence-corrected chi connectivity index (χ2v) is 8.42. The minimum absolute atomic E-state index is 0.0719. The largest absolute Gasteiger partial charge is 0.497 e. The summed E-state index contributed by atoms with van der Waals surface area (Å²) in [5.41, 5.74) is 1.25. The summed E-state index contributed by atoms with van der Waals surface area (Å²) < 4.78 is 5.22. The Morgan fingerprint density at radius 3 is 2.63 bits per heavy atom. The number of nitrogens with one attached hydrogen (secondary N) is 1. The van der Waals surface area contributed by atoms with Crippen LogP contribution in [0.5, 0.6) is 5.75 Å². The molecule has 0 bridgehead atoms. The first-order chi connectivity index (χ1) is 13.2. The molecule has 1 saturated heterocycles. The highest BCUT2D eigenvalue weighted by Gasteiger charge is 2.28. The number of methoxy groups -OCH3 is 1. The number of amides is 2. The number of rotatable bonds is 4. The van der Waals surface area contributed by atoms with E-state index in [0.717, 1.165) is 30.3 Å². The van der Waals surface area contributed by atoms with Crippen molar-refractivity contribution in [1.29, 1.82) is 0 Å². The fourth-order valence-corrected chi connectivity index (χ4v) is 4.97. The summed E-state index contributed by atoms with van der Waals surface area (Å²) in [7, 11) is 1.67. The van der Waals surface area contributed by atoms with Crippen LogP contribution in [0, 0.1) is 0 Å². The molecule has 2 aromatic rings. The van der Waals surface area contributed by atoms with Crippen LogP contribution in [0.25, 0.3) is 0 Å². The van der Waals surface area contributed by atoms with E-state index in [0.29, 0.717) is 17.0 Å². The van der Waals surface area contributed by atoms with E-state index in [1.165, 1.54) is 49.0 Å². The quantitative estimate of drug-likeness (QED) is 0.833. The van der Waals surface area contributed by atoms with E-state index in [2.05, 4.69) is 27.6 Å². The molecule has 1 atom stereocenters. The van der Waals surface area contributed by atoms with Crippen molar-refractivity contribution in [3.8, 4) is 5.75 Å². The zero-order valence-corrected chi connectivity index (χ0v) is 16.5. The van der Waals surface area contributed by atoms with Crippen LogP contribution in [0.1, 0.15) is 60.9 Å². The third-order valence-electron chi connectivity index (χ3n) is 5.67. The third-order valence-corrected chi connectivity index (χ3v) is 6.67. The summed E-state index contributed by atoms with van der Waals surface area (Å²) in [5.74, 6) is 1.75. The van der Waals surface area contributed by atoms with Crippen LogP contribution >= 0.6 is 11.3 Å². The van der Waals surface area contributed by atoms with E-state index in [1.54, 1.807) is 7.11 Å². The highest BCUT2D eigenvalue weighted by atomic mass is 32.1. The number of likely N-dealkylation sites (tertiary alicyclic amines) is 1. The van der Waals surface area contributed by atoms with Gasteiger partial charge in [0.2, 0.25) is 5.13 Å². The predicted octanol–water partition coefficient (Wildman–Crippen LogP) is 4.62. The molecule has 2 amide bonds. The van der Waals surface area contributed by atoms with Crippen molar-refractivity contribution in [2.75, 3.05) is 25.5 Å². The van der Waals surface area contributed by atoms with E-state index in [1.807, 2.05) is 17.0 Å². The Kier molecular flexibility index (Phi) is 5.57. The van der Waals surface area contributed by atoms with Crippen LogP contribution in [-0.2, 0) is 0 Å². The molecule has 1 N–H and O–H groups in total. The van der Waals surface area contributed by atoms with Gasteiger partial charge in [-0.2, -0.15) is 0 Å². The normalized spacial score (nSPS) is 20.6. The number of hydrogen-bond donors (Lipinski definition) is 1. The lowest BCUT2D eigenvalue weighted by atomic mass is 9.90. The molecule has 7 heteroatoms. The topological polar surface area (TPSA) is 67.3 Å². The standard InChI is InChI=1S/C20H26N4O2S/c1-26-17-9-7-14(8-10-17)16-11-12-24(13-16)20(25)21-19-23-22-18(27-19)15-5-3-2-4-6-15/h7-10,15-16H,2-6,11-13H2,1H3,(H,21,23,25). The Bertz CT molecular complexity index is 771. The Labute approximate surface area is 163 Å². The van der Waals surface area contributed by atoms with Crippen molar-refractivity contribution < 1.29 is 9.53 Å². The van der Waals surface area contributed by atoms with Crippen molar-refractivity contribution in [1.82, 2.24) is 15.1 Å². The van der Waals surface area contributed by atoms with Crippen LogP contribution in [0.2, 0.25) is 0 Å². The highest BCUT2D eigenvalue weighted by Crippen LogP contribution is 2.35. The third kappa shape index (κ3) is 4.24. The molecule has 4 rings (SSSR count). The first kappa shape index (κ1) is 18.2. The number of nitrogens with zero attached hydrogens (tertiary/aromatic N) is 3. The molecule has 0 radical (unpaired) electrons. The van der Waals surface area contributed by atoms with Crippen LogP contribution in [0.15, 0.2) is 24.3 Å². The second-order valence-electron chi connectivity index (χ2n) is 7.42. The molecule has 2 aliphatic rings. The lowest BCUT2D eigenvalue weighted by molar-refractivity contribution is 0.222. The van der Waals surface area contributed by atoms with Gasteiger partial charge in [0.05, 0.1) is 7.11 Å². The van der Waals surface area contributed by atoms with Gasteiger partial charge in [-0.1, -0.05) is 42.7 Å². The van der Waals surface area contributed by atoms with E-state index in [4.69, 9.17) is 4.74 Å². The average Bonchev–Trinajstić information content (AvgIpc) is 3.39. The molecule has 27 heavy (non-hydrogen) atoms. The van der Waals surface area contributed by atoms with Crippen LogP contribution in [0.4, 0.5) is 9.93 Å². The minimum atomic E-state index is -0.0719. The highest BCUT2D eigenvalue weighted by molar-refractivity contribution is 7.15. The summed E-state index contributed by atoms with van der Waals surface area (Å²) in [4.78, 5) is 14.5. The maximum atomic E-state index is 12.6. The molecule has 1 saturated carbocycles. The van der Waals surface area contributed by atoms with E-state index < -0.39 is 0 Å². The van der Waals surface area contributed by atoms with Gasteiger partial charge < -0.3 is 9.64 Å². The summed E-state index contributed by atoms with van der Waals surface area (Å²) in [6.45, 7) is 1.49. The second kappa shape index (κ2) is 8.25. The average molecular weight is 387 g/mol. The predicted molar refractivity (Wildman–Crippen MR) is 107 cm³/mol. The van der Waals surface area contributed by atoms with Gasteiger partial charge >= 0.3 is 6.03 Å². The van der Waals surface area contributed by atoms with Gasteiger partial charge in [-0.05, 0) is 37.0 Å². The molecular weight excluding hydrogens is 360 g/mol. The molecule has 2 heterocycles. The lowest BCUT2D eigenvalue weighted by Gasteiger charge is -2.18. The van der Waals surface area contributed by atoms with Crippen molar-refractivity contribution in [3.05, 3.63) is 34.8 Å². The maximum absolute atomic E-state index is 12.6. The molecule has 1 aromatic carbocycles. The Morgan fingerprint density at radius 2 is 1.89 bits per heavy atom. The lowest BCUT2D eigenvalue weighted by Crippen LogP contribution is -2.32. The van der Waals surface area contributed by atoms with Gasteiger partial charge in [-0.15, -0.1) is 10.2 Å². The molecular formula is C20H26N4O2S. The molecule has 1 aliphatic heterocycles. The first-order valence-electron chi connectivity index (χ1n) is 9.76. The van der Waals surface area contributed by atoms with Crippen LogP contribution < -0.4 is 10.1 Å². The molecule has 1 aromatic heterocycles. The van der Waals surface area contributed by atoms with Gasteiger partial charge in [0.1, 0.15) is 10.8 Å². The fourth-order valence-electron chi connectivity index (χ4n) is 4.06. The van der Waals surface area contributed by atoms with E-state index >= 15 is 0 Å². The number of anilines is 1. The van der Waals surface area contributed by atoms with Crippen molar-refractivity contribution in [2.24, 2.45) is 0 Å². The minimum Gasteiger partial charge on any atom is -0.497 e. The molecule has 2 fully saturated rings. The monoisotopic (exact) mass is 386 g/mol. The molecule has 1 aliphatic carbocycles. The Morgan fingerprint density at radius 1 is 1.11 bits per heavy atom. The number of carbonyl (C=O) groups excluding carboxylic acids is 1. The fraction of sp³-hybridized carbons (Fsp3) is 0.550.